The number of unbranched alkanes of at least 4 members (excludes halogenated alkanes) is 1. The first-order valence-corrected chi connectivity index (χ1v) is 10.3. The van der Waals surface area contributed by atoms with Crippen molar-refractivity contribution in [3.05, 3.63) is 54.5 Å². The Morgan fingerprint density at radius 2 is 1.90 bits per heavy atom. The zero-order valence-electron chi connectivity index (χ0n) is 17.5. The summed E-state index contributed by atoms with van der Waals surface area (Å²) in [5.74, 6) is 0.589. The molecule has 0 radical (unpaired) electrons. The number of hydrogen-bond acceptors (Lipinski definition) is 5. The highest BCUT2D eigenvalue weighted by atomic mass is 16.2. The number of urea groups is 1. The quantitative estimate of drug-likeness (QED) is 0.591. The van der Waals surface area contributed by atoms with Crippen LogP contribution in [-0.2, 0) is 0 Å². The van der Waals surface area contributed by atoms with Crippen molar-refractivity contribution < 1.29 is 9.28 Å². The van der Waals surface area contributed by atoms with E-state index in [1.54, 1.807) is 11.1 Å². The topological polar surface area (TPSA) is 87.7 Å². The molecule has 0 saturated carbocycles. The van der Waals surface area contributed by atoms with E-state index in [4.69, 9.17) is 0 Å². The highest BCUT2D eigenvalue weighted by Crippen LogP contribution is 2.34. The average molecular weight is 404 g/mol. The van der Waals surface area contributed by atoms with Crippen LogP contribution >= 0.6 is 0 Å². The van der Waals surface area contributed by atoms with Crippen LogP contribution in [-0.4, -0.2) is 49.2 Å². The Balaban J connectivity index is 1.64. The van der Waals surface area contributed by atoms with Crippen LogP contribution in [0.25, 0.3) is 22.6 Å². The van der Waals surface area contributed by atoms with Crippen LogP contribution < -0.4 is 4.90 Å². The highest BCUT2D eigenvalue weighted by Gasteiger charge is 2.45. The molecule has 3 aromatic rings. The zero-order valence-corrected chi connectivity index (χ0v) is 17.5. The summed E-state index contributed by atoms with van der Waals surface area (Å²) < 4.78 is 0.364. The van der Waals surface area contributed by atoms with Crippen LogP contribution in [0.15, 0.2) is 54.5 Å². The molecule has 3 heterocycles. The number of carbonyl (C=O) groups excluding carboxylic acids is 1. The normalized spacial score (nSPS) is 18.7. The Morgan fingerprint density at radius 1 is 1.10 bits per heavy atom. The number of hydrogen-bond donors (Lipinski definition) is 1. The molecule has 0 saturated heterocycles. The van der Waals surface area contributed by atoms with Gasteiger partial charge in [0.05, 0.1) is 36.4 Å². The Bertz CT molecular complexity index is 1060. The molecule has 1 aliphatic rings. The lowest BCUT2D eigenvalue weighted by molar-refractivity contribution is -0.791. The van der Waals surface area contributed by atoms with Gasteiger partial charge in [-0.25, -0.2) is 19.3 Å². The minimum atomic E-state index is 0.0890. The number of pyridine rings is 1. The van der Waals surface area contributed by atoms with Gasteiger partial charge in [-0.2, -0.15) is 0 Å². The van der Waals surface area contributed by atoms with Crippen LogP contribution in [0.1, 0.15) is 33.6 Å². The van der Waals surface area contributed by atoms with E-state index in [1.165, 1.54) is 0 Å². The summed E-state index contributed by atoms with van der Waals surface area (Å²) in [6.07, 6.45) is 5.92. The fourth-order valence-electron chi connectivity index (χ4n) is 3.98. The van der Waals surface area contributed by atoms with E-state index in [1.807, 2.05) is 43.3 Å². The third-order valence-electron chi connectivity index (χ3n) is 5.64. The second kappa shape index (κ2) is 8.16. The lowest BCUT2D eigenvalue weighted by Gasteiger charge is -2.28. The number of anilines is 1. The van der Waals surface area contributed by atoms with Crippen LogP contribution in [0.5, 0.6) is 0 Å². The molecule has 2 aromatic heterocycles. The van der Waals surface area contributed by atoms with Crippen molar-refractivity contribution >= 4 is 11.7 Å². The van der Waals surface area contributed by atoms with Crippen molar-refractivity contribution in [1.29, 1.82) is 0 Å². The lowest BCUT2D eigenvalue weighted by atomic mass is 10.0. The molecule has 0 bridgehead atoms. The number of benzene rings is 1. The first-order valence-electron chi connectivity index (χ1n) is 10.3. The van der Waals surface area contributed by atoms with Crippen molar-refractivity contribution in [2.75, 3.05) is 18.0 Å². The number of tetrazole rings is 1. The number of carbonyl (C=O) groups is 1. The van der Waals surface area contributed by atoms with Gasteiger partial charge < -0.3 is 0 Å². The van der Waals surface area contributed by atoms with Gasteiger partial charge in [0, 0.05) is 11.1 Å². The van der Waals surface area contributed by atoms with Crippen molar-refractivity contribution in [2.45, 2.75) is 33.6 Å². The highest BCUT2D eigenvalue weighted by molar-refractivity contribution is 5.93. The largest absolute Gasteiger partial charge is 0.432 e. The molecule has 0 aliphatic carbocycles. The first-order chi connectivity index (χ1) is 14.6. The number of amides is 2. The van der Waals surface area contributed by atoms with E-state index in [9.17, 15) is 4.79 Å². The van der Waals surface area contributed by atoms with E-state index >= 15 is 0 Å². The minimum Gasteiger partial charge on any atom is -0.254 e. The summed E-state index contributed by atoms with van der Waals surface area (Å²) in [4.78, 5) is 19.8. The zero-order chi connectivity index (χ0) is 21.1. The van der Waals surface area contributed by atoms with Crippen molar-refractivity contribution in [1.82, 2.24) is 25.6 Å². The van der Waals surface area contributed by atoms with Gasteiger partial charge in [-0.05, 0) is 42.8 Å². The molecule has 2 amide bonds. The van der Waals surface area contributed by atoms with Gasteiger partial charge in [0.1, 0.15) is 6.20 Å². The first kappa shape index (κ1) is 19.9. The van der Waals surface area contributed by atoms with Gasteiger partial charge in [0.2, 0.25) is 0 Å². The van der Waals surface area contributed by atoms with Gasteiger partial charge >= 0.3 is 6.03 Å². The second-order valence-electron chi connectivity index (χ2n) is 7.51. The van der Waals surface area contributed by atoms with Crippen molar-refractivity contribution in [3.63, 3.8) is 0 Å². The van der Waals surface area contributed by atoms with Gasteiger partial charge in [0.25, 0.3) is 0 Å². The molecule has 8 nitrogen and oxygen atoms in total. The summed E-state index contributed by atoms with van der Waals surface area (Å²) >= 11 is 0. The summed E-state index contributed by atoms with van der Waals surface area (Å²) in [5, 5.41) is 14.1. The number of aromatic nitrogens is 5. The Morgan fingerprint density at radius 3 is 2.53 bits per heavy atom. The van der Waals surface area contributed by atoms with Crippen LogP contribution in [0.3, 0.4) is 0 Å². The maximum absolute atomic E-state index is 13.3. The van der Waals surface area contributed by atoms with E-state index in [2.05, 4.69) is 45.7 Å². The third-order valence-corrected chi connectivity index (χ3v) is 5.64. The monoisotopic (exact) mass is 404 g/mol. The van der Waals surface area contributed by atoms with Gasteiger partial charge in [-0.3, -0.25) is 4.98 Å². The maximum atomic E-state index is 13.3. The standard InChI is InChI=1S/C22H26N7O/c1-4-6-13-29(5-2)15-16(3)28(22(29)30)17-11-12-20(23-14-17)18-9-7-8-10-19(18)21-24-26-27-25-21/h7-12,14-15H,4-6,13H2,1-3H3,(H,24,25,26,27)/q+1. The Labute approximate surface area is 175 Å². The fraction of sp³-hybridized carbons (Fsp3) is 0.318. The average Bonchev–Trinajstić information content (AvgIpc) is 3.39. The van der Waals surface area contributed by atoms with Gasteiger partial charge in [0.15, 0.2) is 5.82 Å². The molecular formula is C22H26N7O+. The molecule has 0 fully saturated rings. The molecule has 4 rings (SSSR count). The fourth-order valence-corrected chi connectivity index (χ4v) is 3.98. The molecule has 1 N–H and O–H groups in total. The number of quaternary nitrogens is 1. The van der Waals surface area contributed by atoms with E-state index < -0.39 is 0 Å². The molecule has 0 spiro atoms. The number of rotatable bonds is 7. The molecule has 1 unspecified atom stereocenters. The van der Waals surface area contributed by atoms with E-state index in [0.717, 1.165) is 54.1 Å². The molecule has 1 aromatic carbocycles. The van der Waals surface area contributed by atoms with Crippen molar-refractivity contribution in [2.24, 2.45) is 0 Å². The number of nitrogens with one attached hydrogen (secondary N) is 1. The molecule has 1 aliphatic heterocycles. The number of aromatic amines is 1. The summed E-state index contributed by atoms with van der Waals surface area (Å²) in [5.41, 5.74) is 4.31. The van der Waals surface area contributed by atoms with Crippen LogP contribution in [0.4, 0.5) is 10.5 Å². The molecule has 30 heavy (non-hydrogen) atoms. The van der Waals surface area contributed by atoms with Gasteiger partial charge in [-0.1, -0.05) is 37.6 Å². The lowest BCUT2D eigenvalue weighted by Crippen LogP contribution is -2.50. The predicted molar refractivity (Wildman–Crippen MR) is 115 cm³/mol. The molecule has 8 heteroatoms. The molecule has 1 atom stereocenters. The Kier molecular flexibility index (Phi) is 5.41. The third kappa shape index (κ3) is 3.39. The molecule has 154 valence electrons. The number of nitrogens with zero attached hydrogens (tertiary/aromatic N) is 6. The Hall–Kier alpha value is -3.39. The van der Waals surface area contributed by atoms with Crippen LogP contribution in [0, 0.1) is 0 Å². The number of allylic oxidation sites excluding steroid dienone is 1. The summed E-state index contributed by atoms with van der Waals surface area (Å²) in [7, 11) is 0. The van der Waals surface area contributed by atoms with E-state index in [0.29, 0.717) is 10.3 Å². The number of H-pyrrole nitrogens is 1. The summed E-state index contributed by atoms with van der Waals surface area (Å²) in [6, 6.07) is 11.8. The van der Waals surface area contributed by atoms with Crippen molar-refractivity contribution in [3.8, 4) is 22.6 Å². The second-order valence-corrected chi connectivity index (χ2v) is 7.51. The van der Waals surface area contributed by atoms with Crippen LogP contribution in [0.2, 0.25) is 0 Å². The SMILES string of the molecule is CCCC[N+]1(CC)C=C(C)N(c2ccc(-c3ccccc3-c3nnn[nH]3)nc2)C1=O. The van der Waals surface area contributed by atoms with Gasteiger partial charge in [-0.15, -0.1) is 5.10 Å². The maximum Gasteiger partial charge on any atom is 0.432 e. The predicted octanol–water partition coefficient (Wildman–Crippen LogP) is 4.37. The smallest absolute Gasteiger partial charge is 0.254 e. The minimum absolute atomic E-state index is 0.0890. The molecular weight excluding hydrogens is 378 g/mol. The summed E-state index contributed by atoms with van der Waals surface area (Å²) in [6.45, 7) is 7.77. The van der Waals surface area contributed by atoms with E-state index in [-0.39, 0.29) is 6.03 Å².